The largest absolute Gasteiger partial charge is 0.497 e. The van der Waals surface area contributed by atoms with Crippen LogP contribution in [0.4, 0.5) is 10.1 Å². The van der Waals surface area contributed by atoms with Gasteiger partial charge in [0.1, 0.15) is 11.6 Å². The number of anilines is 1. The number of sulfonamides is 1. The Kier molecular flexibility index (Phi) is 6.76. The lowest BCUT2D eigenvalue weighted by molar-refractivity contribution is 0.414. The Labute approximate surface area is 211 Å². The molecule has 1 unspecified atom stereocenters. The quantitative estimate of drug-likeness (QED) is 0.367. The fourth-order valence-electron chi connectivity index (χ4n) is 4.68. The van der Waals surface area contributed by atoms with E-state index in [4.69, 9.17) is 4.74 Å². The summed E-state index contributed by atoms with van der Waals surface area (Å²) in [6.07, 6.45) is 0.547. The Morgan fingerprint density at radius 1 is 0.917 bits per heavy atom. The number of ether oxygens (including phenoxy) is 1. The average Bonchev–Trinajstić information content (AvgIpc) is 2.89. The SMILES string of the molecule is COc1cccc(CN2CC(NS(=O)(=O)c3ccccc3)Cc3cc(-c4ccc(F)cc4)ccc32)c1. The number of halogens is 1. The van der Waals surface area contributed by atoms with Crippen LogP contribution in [0.15, 0.2) is 102 Å². The van der Waals surface area contributed by atoms with Crippen molar-refractivity contribution >= 4 is 15.7 Å². The molecular formula is C29H27FN2O3S. The Morgan fingerprint density at radius 3 is 2.42 bits per heavy atom. The van der Waals surface area contributed by atoms with Crippen molar-refractivity contribution in [3.05, 3.63) is 114 Å². The van der Waals surface area contributed by atoms with Gasteiger partial charge in [-0.05, 0) is 77.2 Å². The number of nitrogens with zero attached hydrogens (tertiary/aromatic N) is 1. The van der Waals surface area contributed by atoms with Gasteiger partial charge in [-0.2, -0.15) is 0 Å². The zero-order chi connectivity index (χ0) is 25.1. The van der Waals surface area contributed by atoms with Crippen LogP contribution in [0.3, 0.4) is 0 Å². The summed E-state index contributed by atoms with van der Waals surface area (Å²) in [6, 6.07) is 28.5. The van der Waals surface area contributed by atoms with Gasteiger partial charge in [0.25, 0.3) is 0 Å². The van der Waals surface area contributed by atoms with E-state index < -0.39 is 10.0 Å². The molecule has 0 spiro atoms. The summed E-state index contributed by atoms with van der Waals surface area (Å²) in [7, 11) is -2.04. The zero-order valence-corrected chi connectivity index (χ0v) is 20.7. The fraction of sp³-hybridized carbons (Fsp3) is 0.172. The standard InChI is InChI=1S/C29H27FN2O3S/c1-35-27-7-5-6-21(16-27)19-32-20-26(31-36(33,34)28-8-3-2-4-9-28)18-24-17-23(12-15-29(24)32)22-10-13-25(30)14-11-22/h2-17,26,31H,18-20H2,1H3. The van der Waals surface area contributed by atoms with E-state index in [1.54, 1.807) is 49.6 Å². The van der Waals surface area contributed by atoms with Gasteiger partial charge in [-0.25, -0.2) is 17.5 Å². The first-order valence-electron chi connectivity index (χ1n) is 11.8. The van der Waals surface area contributed by atoms with Crippen LogP contribution < -0.4 is 14.4 Å². The van der Waals surface area contributed by atoms with Crippen molar-refractivity contribution in [2.24, 2.45) is 0 Å². The molecule has 0 fully saturated rings. The third kappa shape index (κ3) is 5.27. The van der Waals surface area contributed by atoms with Crippen LogP contribution in [0.25, 0.3) is 11.1 Å². The van der Waals surface area contributed by atoms with Crippen LogP contribution in [0, 0.1) is 5.82 Å². The Hall–Kier alpha value is -3.68. The molecule has 1 aliphatic rings. The second-order valence-corrected chi connectivity index (χ2v) is 10.6. The minimum Gasteiger partial charge on any atom is -0.497 e. The van der Waals surface area contributed by atoms with Gasteiger partial charge >= 0.3 is 0 Å². The predicted octanol–water partition coefficient (Wildman–Crippen LogP) is 5.41. The summed E-state index contributed by atoms with van der Waals surface area (Å²) in [4.78, 5) is 2.44. The second kappa shape index (κ2) is 10.1. The van der Waals surface area contributed by atoms with E-state index in [2.05, 4.69) is 21.8 Å². The smallest absolute Gasteiger partial charge is 0.240 e. The normalized spacial score (nSPS) is 15.4. The Morgan fingerprint density at radius 2 is 1.67 bits per heavy atom. The molecule has 36 heavy (non-hydrogen) atoms. The molecule has 0 aliphatic carbocycles. The highest BCUT2D eigenvalue weighted by Crippen LogP contribution is 2.33. The molecule has 1 atom stereocenters. The molecule has 5 nitrogen and oxygen atoms in total. The summed E-state index contributed by atoms with van der Waals surface area (Å²) in [5, 5.41) is 0. The maximum Gasteiger partial charge on any atom is 0.240 e. The van der Waals surface area contributed by atoms with E-state index in [0.29, 0.717) is 19.5 Å². The summed E-state index contributed by atoms with van der Waals surface area (Å²) in [6.45, 7) is 1.12. The van der Waals surface area contributed by atoms with Gasteiger partial charge in [-0.15, -0.1) is 0 Å². The summed E-state index contributed by atoms with van der Waals surface area (Å²) >= 11 is 0. The lowest BCUT2D eigenvalue weighted by Crippen LogP contribution is -2.48. The third-order valence-corrected chi connectivity index (χ3v) is 7.92. The number of rotatable bonds is 7. The second-order valence-electron chi connectivity index (χ2n) is 8.92. The van der Waals surface area contributed by atoms with E-state index in [1.807, 2.05) is 30.3 Å². The van der Waals surface area contributed by atoms with Crippen molar-refractivity contribution in [3.63, 3.8) is 0 Å². The summed E-state index contributed by atoms with van der Waals surface area (Å²) in [5.41, 5.74) is 5.02. The predicted molar refractivity (Wildman–Crippen MR) is 140 cm³/mol. The molecule has 0 radical (unpaired) electrons. The Balaban J connectivity index is 1.49. The topological polar surface area (TPSA) is 58.6 Å². The molecule has 0 amide bonds. The molecule has 5 rings (SSSR count). The first-order valence-corrected chi connectivity index (χ1v) is 13.2. The summed E-state index contributed by atoms with van der Waals surface area (Å²) in [5.74, 6) is 0.495. The van der Waals surface area contributed by atoms with Crippen LogP contribution in [0.1, 0.15) is 11.1 Å². The van der Waals surface area contributed by atoms with Crippen molar-refractivity contribution in [2.75, 3.05) is 18.6 Å². The molecule has 0 bridgehead atoms. The van der Waals surface area contributed by atoms with Gasteiger partial charge in [0.2, 0.25) is 10.0 Å². The fourth-order valence-corrected chi connectivity index (χ4v) is 5.93. The van der Waals surface area contributed by atoms with Crippen molar-refractivity contribution in [3.8, 4) is 16.9 Å². The lowest BCUT2D eigenvalue weighted by Gasteiger charge is -2.37. The maximum absolute atomic E-state index is 13.5. The van der Waals surface area contributed by atoms with E-state index in [9.17, 15) is 12.8 Å². The van der Waals surface area contributed by atoms with Gasteiger partial charge in [0.15, 0.2) is 0 Å². The van der Waals surface area contributed by atoms with E-state index in [-0.39, 0.29) is 16.8 Å². The number of methoxy groups -OCH3 is 1. The van der Waals surface area contributed by atoms with Crippen molar-refractivity contribution in [2.45, 2.75) is 23.9 Å². The van der Waals surface area contributed by atoms with Gasteiger partial charge < -0.3 is 9.64 Å². The maximum atomic E-state index is 13.5. The van der Waals surface area contributed by atoms with Crippen LogP contribution in [-0.4, -0.2) is 28.1 Å². The number of fused-ring (bicyclic) bond motifs is 1. The van der Waals surface area contributed by atoms with Crippen molar-refractivity contribution < 1.29 is 17.5 Å². The third-order valence-electron chi connectivity index (χ3n) is 6.39. The molecule has 184 valence electrons. The van der Waals surface area contributed by atoms with Gasteiger partial charge in [0.05, 0.1) is 12.0 Å². The molecule has 4 aromatic rings. The monoisotopic (exact) mass is 502 g/mol. The zero-order valence-electron chi connectivity index (χ0n) is 19.9. The molecule has 1 aliphatic heterocycles. The van der Waals surface area contributed by atoms with Crippen LogP contribution >= 0.6 is 0 Å². The van der Waals surface area contributed by atoms with Crippen molar-refractivity contribution in [1.82, 2.24) is 4.72 Å². The van der Waals surface area contributed by atoms with E-state index >= 15 is 0 Å². The van der Waals surface area contributed by atoms with Crippen LogP contribution in [-0.2, 0) is 23.0 Å². The average molecular weight is 503 g/mol. The van der Waals surface area contributed by atoms with Crippen LogP contribution in [0.5, 0.6) is 5.75 Å². The number of hydrogen-bond acceptors (Lipinski definition) is 4. The number of hydrogen-bond donors (Lipinski definition) is 1. The van der Waals surface area contributed by atoms with Crippen LogP contribution in [0.2, 0.25) is 0 Å². The van der Waals surface area contributed by atoms with Gasteiger partial charge in [0, 0.05) is 24.8 Å². The molecule has 1 N–H and O–H groups in total. The van der Waals surface area contributed by atoms with E-state index in [1.165, 1.54) is 12.1 Å². The number of nitrogens with one attached hydrogen (secondary N) is 1. The molecule has 7 heteroatoms. The first-order chi connectivity index (χ1) is 17.4. The Bertz CT molecular complexity index is 1460. The molecule has 0 aromatic heterocycles. The molecule has 1 heterocycles. The minimum absolute atomic E-state index is 0.246. The molecule has 0 saturated heterocycles. The van der Waals surface area contributed by atoms with E-state index in [0.717, 1.165) is 33.7 Å². The minimum atomic E-state index is -3.67. The highest BCUT2D eigenvalue weighted by atomic mass is 32.2. The van der Waals surface area contributed by atoms with Gasteiger partial charge in [-0.1, -0.05) is 48.5 Å². The van der Waals surface area contributed by atoms with Crippen molar-refractivity contribution in [1.29, 1.82) is 0 Å². The first kappa shape index (κ1) is 24.0. The molecule has 4 aromatic carbocycles. The molecular weight excluding hydrogens is 475 g/mol. The van der Waals surface area contributed by atoms with Gasteiger partial charge in [-0.3, -0.25) is 0 Å². The highest BCUT2D eigenvalue weighted by molar-refractivity contribution is 7.89. The molecule has 0 saturated carbocycles. The number of benzene rings is 4. The summed E-state index contributed by atoms with van der Waals surface area (Å²) < 4.78 is 48.0. The highest BCUT2D eigenvalue weighted by Gasteiger charge is 2.29. The lowest BCUT2D eigenvalue weighted by atomic mass is 9.94.